The molecule has 0 fully saturated rings. The summed E-state index contributed by atoms with van der Waals surface area (Å²) in [6.45, 7) is 0. The summed E-state index contributed by atoms with van der Waals surface area (Å²) in [4.78, 5) is 20.8. The maximum absolute atomic E-state index is 11.3. The number of hydrogen-bond donors (Lipinski definition) is 4. The highest BCUT2D eigenvalue weighted by Crippen LogP contribution is 2.14. The van der Waals surface area contributed by atoms with Gasteiger partial charge < -0.3 is 21.7 Å². The van der Waals surface area contributed by atoms with Crippen molar-refractivity contribution in [2.24, 2.45) is 0 Å². The van der Waals surface area contributed by atoms with Gasteiger partial charge in [-0.25, -0.2) is 18.0 Å². The van der Waals surface area contributed by atoms with E-state index in [-0.39, 0.29) is 5.75 Å². The van der Waals surface area contributed by atoms with E-state index in [4.69, 9.17) is 10.2 Å². The van der Waals surface area contributed by atoms with Gasteiger partial charge in [0.15, 0.2) is 12.1 Å². The van der Waals surface area contributed by atoms with Gasteiger partial charge in [-0.05, 0) is 10.8 Å². The molecule has 94 valence electrons. The van der Waals surface area contributed by atoms with Crippen LogP contribution in [0.3, 0.4) is 0 Å². The van der Waals surface area contributed by atoms with Gasteiger partial charge in [0, 0.05) is 0 Å². The van der Waals surface area contributed by atoms with Crippen LogP contribution >= 0.6 is 10.8 Å². The first kappa shape index (κ1) is 15.2. The average molecular weight is 274 g/mol. The number of quaternary nitrogens is 2. The molecule has 8 nitrogen and oxygen atoms in total. The van der Waals surface area contributed by atoms with Crippen LogP contribution in [0.5, 0.6) is 0 Å². The minimum absolute atomic E-state index is 0.218. The summed E-state index contributed by atoms with van der Waals surface area (Å²) >= 11 is 0. The van der Waals surface area contributed by atoms with Crippen LogP contribution < -0.4 is 11.5 Å². The van der Waals surface area contributed by atoms with Crippen molar-refractivity contribution in [3.63, 3.8) is 0 Å². The third-order valence-corrected chi connectivity index (χ3v) is 5.15. The molecule has 2 atom stereocenters. The van der Waals surface area contributed by atoms with Crippen LogP contribution in [0.2, 0.25) is 0 Å². The van der Waals surface area contributed by atoms with Gasteiger partial charge in [-0.2, -0.15) is 0 Å². The number of hydrogen-bond acceptors (Lipinski definition) is 5. The molecule has 0 aromatic heterocycles. The largest absolute Gasteiger partial charge is 0.477 e. The summed E-state index contributed by atoms with van der Waals surface area (Å²) in [5.74, 6) is -3.36. The predicted octanol–water partition coefficient (Wildman–Crippen LogP) is -3.56. The first-order chi connectivity index (χ1) is 7.15. The van der Waals surface area contributed by atoms with E-state index in [2.05, 4.69) is 11.5 Å². The summed E-state index contributed by atoms with van der Waals surface area (Å²) in [6.07, 6.45) is 0. The number of rotatable bonds is 7. The molecule has 1 unspecified atom stereocenters. The highest BCUT2D eigenvalue weighted by Gasteiger charge is 2.27. The van der Waals surface area contributed by atoms with Crippen LogP contribution in [-0.4, -0.2) is 54.2 Å². The third-order valence-electron chi connectivity index (χ3n) is 1.55. The molecule has 10 heteroatoms. The lowest BCUT2D eigenvalue weighted by Crippen LogP contribution is -2.68. The average Bonchev–Trinajstić information content (AvgIpc) is 2.13. The van der Waals surface area contributed by atoms with Gasteiger partial charge >= 0.3 is 11.9 Å². The van der Waals surface area contributed by atoms with Gasteiger partial charge in [-0.1, -0.05) is 0 Å². The summed E-state index contributed by atoms with van der Waals surface area (Å²) in [6, 6.07) is -2.31. The van der Waals surface area contributed by atoms with E-state index >= 15 is 0 Å². The fourth-order valence-corrected chi connectivity index (χ4v) is 3.76. The van der Waals surface area contributed by atoms with Gasteiger partial charge in [-0.3, -0.25) is 0 Å². The van der Waals surface area contributed by atoms with Crippen molar-refractivity contribution in [1.29, 1.82) is 0 Å². The predicted molar refractivity (Wildman–Crippen MR) is 54.9 cm³/mol. The Morgan fingerprint density at radius 3 is 1.94 bits per heavy atom. The monoisotopic (exact) mass is 274 g/mol. The molecule has 0 radical (unpaired) electrons. The fraction of sp³-hybridized carbons (Fsp3) is 0.667. The molecular weight excluding hydrogens is 260 g/mol. The molecule has 0 aromatic carbocycles. The second-order valence-corrected chi connectivity index (χ2v) is 7.33. The van der Waals surface area contributed by atoms with Crippen LogP contribution in [0.15, 0.2) is 0 Å². The van der Waals surface area contributed by atoms with Crippen molar-refractivity contribution in [1.82, 2.24) is 0 Å². The lowest BCUT2D eigenvalue weighted by molar-refractivity contribution is -0.400. The lowest BCUT2D eigenvalue weighted by Gasteiger charge is -2.05. The van der Waals surface area contributed by atoms with Crippen LogP contribution in [0.25, 0.3) is 0 Å². The molecule has 16 heavy (non-hydrogen) atoms. The van der Waals surface area contributed by atoms with Gasteiger partial charge in [0.2, 0.25) is 8.87 Å². The normalized spacial score (nSPS) is 15.4. The van der Waals surface area contributed by atoms with Crippen molar-refractivity contribution in [3.8, 4) is 0 Å². The number of carboxylic acid groups (broad SMARTS) is 2. The molecule has 0 heterocycles. The maximum atomic E-state index is 11.3. The minimum Gasteiger partial charge on any atom is -0.477 e. The molecule has 0 amide bonds. The molecular formula is C6H14N2O6S2+2. The number of aliphatic carboxylic acids is 2. The number of carboxylic acids is 2. The van der Waals surface area contributed by atoms with Crippen LogP contribution in [-0.2, 0) is 18.5 Å². The molecule has 0 spiro atoms. The first-order valence-electron chi connectivity index (χ1n) is 4.14. The van der Waals surface area contributed by atoms with E-state index < -0.39 is 38.6 Å². The van der Waals surface area contributed by atoms with E-state index in [0.29, 0.717) is 10.8 Å². The Hall–Kier alpha value is -0.840. The summed E-state index contributed by atoms with van der Waals surface area (Å²) in [5, 5.41) is 16.9. The molecule has 0 saturated heterocycles. The molecule has 0 rings (SSSR count). The molecule has 0 bridgehead atoms. The molecule has 8 N–H and O–H groups in total. The van der Waals surface area contributed by atoms with Gasteiger partial charge in [0.1, 0.15) is 5.75 Å². The summed E-state index contributed by atoms with van der Waals surface area (Å²) in [7, 11) is -3.30. The van der Waals surface area contributed by atoms with Gasteiger partial charge in [0.05, 0.1) is 5.75 Å². The van der Waals surface area contributed by atoms with Crippen molar-refractivity contribution in [3.05, 3.63) is 0 Å². The second-order valence-electron chi connectivity index (χ2n) is 3.08. The van der Waals surface area contributed by atoms with E-state index in [1.807, 2.05) is 0 Å². The van der Waals surface area contributed by atoms with Crippen molar-refractivity contribution >= 4 is 31.6 Å². The summed E-state index contributed by atoms with van der Waals surface area (Å²) < 4.78 is 22.6. The van der Waals surface area contributed by atoms with Crippen molar-refractivity contribution in [2.75, 3.05) is 11.5 Å². The lowest BCUT2D eigenvalue weighted by atomic mass is 10.4. The van der Waals surface area contributed by atoms with E-state index in [1.165, 1.54) is 0 Å². The van der Waals surface area contributed by atoms with E-state index in [9.17, 15) is 18.0 Å². The maximum Gasteiger partial charge on any atom is 0.363 e. The Morgan fingerprint density at radius 1 is 1.12 bits per heavy atom. The highest BCUT2D eigenvalue weighted by atomic mass is 33.1. The highest BCUT2D eigenvalue weighted by molar-refractivity contribution is 8.72. The Labute approximate surface area is 95.3 Å². The third kappa shape index (κ3) is 5.90. The Bertz CT molecular complexity index is 367. The zero-order valence-corrected chi connectivity index (χ0v) is 9.96. The Kier molecular flexibility index (Phi) is 5.72. The molecule has 0 aliphatic rings. The standard InChI is InChI=1S/C6H12N2O6S2/c7-3(5(9)10)1-15-16(13,14)2-4(8)6(11)12/h3-4H,1-2,7-8H2,(H,9,10)(H,11,12)/p+2/t3?,4-/m0/s1. The zero-order chi connectivity index (χ0) is 12.9. The zero-order valence-electron chi connectivity index (χ0n) is 8.33. The molecule has 0 aliphatic carbocycles. The first-order valence-corrected chi connectivity index (χ1v) is 7.30. The smallest absolute Gasteiger partial charge is 0.363 e. The second kappa shape index (κ2) is 6.03. The Morgan fingerprint density at radius 2 is 1.56 bits per heavy atom. The quantitative estimate of drug-likeness (QED) is 0.349. The van der Waals surface area contributed by atoms with Crippen LogP contribution in [0.1, 0.15) is 0 Å². The molecule has 0 aromatic rings. The molecule has 0 aliphatic heterocycles. The van der Waals surface area contributed by atoms with E-state index in [1.54, 1.807) is 0 Å². The van der Waals surface area contributed by atoms with Crippen LogP contribution in [0.4, 0.5) is 0 Å². The van der Waals surface area contributed by atoms with Crippen LogP contribution in [0, 0.1) is 0 Å². The number of carbonyl (C=O) groups is 2. The van der Waals surface area contributed by atoms with E-state index in [0.717, 1.165) is 0 Å². The SMILES string of the molecule is [NH3+]C(CSS(=O)(=O)C[C@H]([NH3+])C(=O)O)C(=O)O. The van der Waals surface area contributed by atoms with Gasteiger partial charge in [0.25, 0.3) is 0 Å². The summed E-state index contributed by atoms with van der Waals surface area (Å²) in [5.41, 5.74) is 6.40. The Balaban J connectivity index is 4.27. The molecule has 0 saturated carbocycles. The van der Waals surface area contributed by atoms with Gasteiger partial charge in [-0.15, -0.1) is 0 Å². The van der Waals surface area contributed by atoms with Crippen molar-refractivity contribution < 1.29 is 39.7 Å². The van der Waals surface area contributed by atoms with Crippen molar-refractivity contribution in [2.45, 2.75) is 12.1 Å². The fourth-order valence-electron chi connectivity index (χ4n) is 0.623. The topological polar surface area (TPSA) is 164 Å². The minimum atomic E-state index is -3.68.